The molecule has 3 atom stereocenters. The van der Waals surface area contributed by atoms with Gasteiger partial charge in [-0.15, -0.1) is 0 Å². The van der Waals surface area contributed by atoms with Crippen molar-refractivity contribution in [3.05, 3.63) is 59.2 Å². The zero-order valence-corrected chi connectivity index (χ0v) is 13.0. The van der Waals surface area contributed by atoms with Crippen molar-refractivity contribution in [1.29, 1.82) is 0 Å². The molecule has 128 valence electrons. The maximum absolute atomic E-state index is 12.2. The number of benzene rings is 1. The molecule has 0 radical (unpaired) electrons. The van der Waals surface area contributed by atoms with Crippen LogP contribution in [0.25, 0.3) is 0 Å². The van der Waals surface area contributed by atoms with Gasteiger partial charge in [0.15, 0.2) is 6.79 Å². The van der Waals surface area contributed by atoms with E-state index >= 15 is 0 Å². The van der Waals surface area contributed by atoms with Gasteiger partial charge in [0, 0.05) is 0 Å². The molecule has 4 aliphatic rings. The molecule has 1 aromatic rings. The van der Waals surface area contributed by atoms with Crippen LogP contribution in [0.2, 0.25) is 0 Å². The van der Waals surface area contributed by atoms with Crippen molar-refractivity contribution < 1.29 is 38.0 Å². The average molecular weight is 344 g/mol. The first-order valence-corrected chi connectivity index (χ1v) is 7.55. The van der Waals surface area contributed by atoms with Crippen molar-refractivity contribution in [2.45, 2.75) is 17.5 Å². The molecule has 3 unspecified atom stereocenters. The molecular formula is C17H12O8. The van der Waals surface area contributed by atoms with Crippen molar-refractivity contribution in [2.24, 2.45) is 0 Å². The second-order valence-corrected chi connectivity index (χ2v) is 5.86. The summed E-state index contributed by atoms with van der Waals surface area (Å²) in [6.07, 6.45) is 4.40. The van der Waals surface area contributed by atoms with Crippen LogP contribution in [-0.4, -0.2) is 37.4 Å². The van der Waals surface area contributed by atoms with Gasteiger partial charge in [-0.3, -0.25) is 9.47 Å². The Morgan fingerprint density at radius 2 is 1.92 bits per heavy atom. The fourth-order valence-electron chi connectivity index (χ4n) is 3.41. The zero-order valence-electron chi connectivity index (χ0n) is 13.0. The Morgan fingerprint density at radius 3 is 2.76 bits per heavy atom. The van der Waals surface area contributed by atoms with Gasteiger partial charge in [-0.25, -0.2) is 9.59 Å². The predicted molar refractivity (Wildman–Crippen MR) is 77.4 cm³/mol. The highest BCUT2D eigenvalue weighted by molar-refractivity contribution is 5.94. The van der Waals surface area contributed by atoms with E-state index in [1.165, 1.54) is 25.3 Å². The molecule has 0 aromatic heterocycles. The van der Waals surface area contributed by atoms with Gasteiger partial charge in [0.2, 0.25) is 0 Å². The highest BCUT2D eigenvalue weighted by Gasteiger charge is 2.75. The van der Waals surface area contributed by atoms with Crippen molar-refractivity contribution in [3.8, 4) is 0 Å². The van der Waals surface area contributed by atoms with E-state index in [0.29, 0.717) is 11.1 Å². The number of carbonyl (C=O) groups is 2. The first kappa shape index (κ1) is 14.8. The fraction of sp³-hybridized carbons (Fsp3) is 0.294. The summed E-state index contributed by atoms with van der Waals surface area (Å²) in [6.45, 7) is -0.124. The lowest BCUT2D eigenvalue weighted by atomic mass is 9.96. The largest absolute Gasteiger partial charge is 0.465 e. The first-order valence-electron chi connectivity index (χ1n) is 7.55. The molecule has 25 heavy (non-hydrogen) atoms. The summed E-state index contributed by atoms with van der Waals surface area (Å²) in [7, 11) is 1.27. The third-order valence-electron chi connectivity index (χ3n) is 4.56. The fourth-order valence-corrected chi connectivity index (χ4v) is 3.41. The third kappa shape index (κ3) is 1.69. The third-order valence-corrected chi connectivity index (χ3v) is 4.56. The minimum atomic E-state index is -1.82. The molecule has 8 heteroatoms. The molecule has 1 aliphatic carbocycles. The number of methoxy groups -OCH3 is 1. The van der Waals surface area contributed by atoms with E-state index in [9.17, 15) is 9.59 Å². The van der Waals surface area contributed by atoms with Gasteiger partial charge in [-0.1, -0.05) is 12.1 Å². The lowest BCUT2D eigenvalue weighted by Crippen LogP contribution is -2.48. The minimum absolute atomic E-state index is 0.124. The second kappa shape index (κ2) is 4.55. The van der Waals surface area contributed by atoms with Crippen molar-refractivity contribution in [1.82, 2.24) is 0 Å². The van der Waals surface area contributed by atoms with E-state index in [2.05, 4.69) is 0 Å². The van der Waals surface area contributed by atoms with Gasteiger partial charge in [0.05, 0.1) is 23.8 Å². The van der Waals surface area contributed by atoms with Crippen LogP contribution in [0.4, 0.5) is 0 Å². The summed E-state index contributed by atoms with van der Waals surface area (Å²) in [5.41, 5.74) is 0.943. The number of ether oxygens (including phenoxy) is 6. The van der Waals surface area contributed by atoms with Crippen LogP contribution in [-0.2, 0) is 39.2 Å². The SMILES string of the molecule is COC(=O)C1=CC23OCOC2(C=C1)OC1(OC(=O)c2ccccc21)O3. The molecule has 0 amide bonds. The molecule has 0 N–H and O–H groups in total. The number of hydrogen-bond acceptors (Lipinski definition) is 8. The van der Waals surface area contributed by atoms with E-state index < -0.39 is 29.5 Å². The number of carbonyl (C=O) groups excluding carboxylic acids is 2. The molecule has 0 saturated carbocycles. The van der Waals surface area contributed by atoms with E-state index in [1.54, 1.807) is 24.3 Å². The van der Waals surface area contributed by atoms with Gasteiger partial charge in [0.25, 0.3) is 11.6 Å². The highest BCUT2D eigenvalue weighted by Crippen LogP contribution is 2.58. The lowest BCUT2D eigenvalue weighted by molar-refractivity contribution is -0.369. The molecular weight excluding hydrogens is 332 g/mol. The summed E-state index contributed by atoms with van der Waals surface area (Å²) in [5, 5.41) is 0. The van der Waals surface area contributed by atoms with Crippen LogP contribution >= 0.6 is 0 Å². The number of esters is 2. The van der Waals surface area contributed by atoms with Gasteiger partial charge in [-0.2, -0.15) is 0 Å². The highest BCUT2D eigenvalue weighted by atomic mass is 17.0. The van der Waals surface area contributed by atoms with Crippen LogP contribution in [0, 0.1) is 0 Å². The van der Waals surface area contributed by atoms with Crippen molar-refractivity contribution >= 4 is 11.9 Å². The Bertz CT molecular complexity index is 873. The molecule has 5 rings (SSSR count). The van der Waals surface area contributed by atoms with E-state index in [0.717, 1.165) is 0 Å². The van der Waals surface area contributed by atoms with Crippen LogP contribution in [0.5, 0.6) is 0 Å². The zero-order chi connectivity index (χ0) is 17.3. The maximum atomic E-state index is 12.2. The normalized spacial score (nSPS) is 37.3. The van der Waals surface area contributed by atoms with Gasteiger partial charge in [-0.05, 0) is 30.4 Å². The Labute approximate surface area is 141 Å². The van der Waals surface area contributed by atoms with Crippen molar-refractivity contribution in [3.63, 3.8) is 0 Å². The van der Waals surface area contributed by atoms with Gasteiger partial charge < -0.3 is 18.9 Å². The smallest absolute Gasteiger partial charge is 0.365 e. The molecule has 1 aromatic carbocycles. The molecule has 3 aliphatic heterocycles. The lowest BCUT2D eigenvalue weighted by Gasteiger charge is -2.30. The molecule has 3 heterocycles. The summed E-state index contributed by atoms with van der Waals surface area (Å²) < 4.78 is 33.3. The molecule has 8 nitrogen and oxygen atoms in total. The number of fused-ring (bicyclic) bond motifs is 2. The Kier molecular flexibility index (Phi) is 2.69. The van der Waals surface area contributed by atoms with Crippen LogP contribution in [0.1, 0.15) is 15.9 Å². The van der Waals surface area contributed by atoms with E-state index in [4.69, 9.17) is 28.4 Å². The van der Waals surface area contributed by atoms with Crippen LogP contribution < -0.4 is 0 Å². The van der Waals surface area contributed by atoms with Gasteiger partial charge in [0.1, 0.15) is 0 Å². The molecule has 2 saturated heterocycles. The van der Waals surface area contributed by atoms with Gasteiger partial charge >= 0.3 is 17.9 Å². The monoisotopic (exact) mass is 344 g/mol. The Hall–Kier alpha value is -2.52. The van der Waals surface area contributed by atoms with E-state index in [1.807, 2.05) is 0 Å². The predicted octanol–water partition coefficient (Wildman–Crippen LogP) is 1.08. The number of rotatable bonds is 1. The molecule has 2 fully saturated rings. The minimum Gasteiger partial charge on any atom is -0.465 e. The standard InChI is InChI=1S/C17H12O8/c1-20-13(18)10-6-7-15-16(8-10,22-9-21-15)25-17(24-15)12-5-3-2-4-11(12)14(19)23-17/h2-8H,9H2,1H3. The summed E-state index contributed by atoms with van der Waals surface area (Å²) in [5.74, 6) is -6.03. The Morgan fingerprint density at radius 1 is 1.16 bits per heavy atom. The maximum Gasteiger partial charge on any atom is 0.365 e. The quantitative estimate of drug-likeness (QED) is 0.699. The summed E-state index contributed by atoms with van der Waals surface area (Å²) >= 11 is 0. The average Bonchev–Trinajstić information content (AvgIpc) is 3.20. The molecule has 1 spiro atoms. The first-order chi connectivity index (χ1) is 12.0. The number of hydrogen-bond donors (Lipinski definition) is 0. The Balaban J connectivity index is 1.65. The van der Waals surface area contributed by atoms with Crippen LogP contribution in [0.3, 0.4) is 0 Å². The van der Waals surface area contributed by atoms with E-state index in [-0.39, 0.29) is 12.4 Å². The topological polar surface area (TPSA) is 89.5 Å². The van der Waals surface area contributed by atoms with Crippen LogP contribution in [0.15, 0.2) is 48.1 Å². The molecule has 0 bridgehead atoms. The second-order valence-electron chi connectivity index (χ2n) is 5.86. The summed E-state index contributed by atoms with van der Waals surface area (Å²) in [6, 6.07) is 6.71. The van der Waals surface area contributed by atoms with Crippen molar-refractivity contribution in [2.75, 3.05) is 13.9 Å². The summed E-state index contributed by atoms with van der Waals surface area (Å²) in [4.78, 5) is 24.1.